The van der Waals surface area contributed by atoms with Crippen LogP contribution in [0.3, 0.4) is 0 Å². The number of carbonyl (C=O) groups is 2. The smallest absolute Gasteiger partial charge is 0.246 e. The van der Waals surface area contributed by atoms with E-state index in [0.29, 0.717) is 16.5 Å². The molecule has 2 aromatic carbocycles. The Bertz CT molecular complexity index is 970. The Morgan fingerprint density at radius 2 is 1.71 bits per heavy atom. The van der Waals surface area contributed by atoms with Crippen LogP contribution in [0.4, 0.5) is 5.69 Å². The highest BCUT2D eigenvalue weighted by Crippen LogP contribution is 2.30. The van der Waals surface area contributed by atoms with Crippen LogP contribution >= 0.6 is 11.6 Å². The monoisotopic (exact) mass is 483 g/mol. The van der Waals surface area contributed by atoms with Crippen molar-refractivity contribution in [2.75, 3.05) is 25.5 Å². The van der Waals surface area contributed by atoms with Crippen LogP contribution in [0.5, 0.6) is 5.75 Å². The number of carbonyl (C=O) groups excluding carboxylic acids is 2. The first-order chi connectivity index (χ1) is 16.5. The van der Waals surface area contributed by atoms with Crippen molar-refractivity contribution in [2.24, 2.45) is 5.92 Å². The number of benzene rings is 2. The SMILES string of the molecule is COc1ccc(NC(=O)C(c2ccccc2)N2CCC(NC(=O)C3CCCCC3)CC2)cc1Cl. The molecule has 7 heteroatoms. The largest absolute Gasteiger partial charge is 0.495 e. The van der Waals surface area contributed by atoms with Gasteiger partial charge >= 0.3 is 0 Å². The fraction of sp³-hybridized carbons (Fsp3) is 0.481. The maximum atomic E-state index is 13.4. The number of nitrogens with zero attached hydrogens (tertiary/aromatic N) is 1. The molecule has 2 aliphatic rings. The zero-order chi connectivity index (χ0) is 23.9. The maximum absolute atomic E-state index is 13.4. The van der Waals surface area contributed by atoms with Crippen LogP contribution in [0, 0.1) is 5.92 Å². The number of anilines is 1. The lowest BCUT2D eigenvalue weighted by Gasteiger charge is -2.37. The Morgan fingerprint density at radius 1 is 1.00 bits per heavy atom. The predicted molar refractivity (Wildman–Crippen MR) is 135 cm³/mol. The molecular formula is C27H34ClN3O3. The van der Waals surface area contributed by atoms with E-state index in [-0.39, 0.29) is 23.8 Å². The fourth-order valence-electron chi connectivity index (χ4n) is 5.10. The van der Waals surface area contributed by atoms with Gasteiger partial charge in [0, 0.05) is 30.7 Å². The summed E-state index contributed by atoms with van der Waals surface area (Å²) in [6, 6.07) is 14.8. The van der Waals surface area contributed by atoms with Crippen molar-refractivity contribution >= 4 is 29.1 Å². The summed E-state index contributed by atoms with van der Waals surface area (Å²) in [7, 11) is 1.56. The number of hydrogen-bond acceptors (Lipinski definition) is 4. The molecule has 6 nitrogen and oxygen atoms in total. The third-order valence-corrected chi connectivity index (χ3v) is 7.30. The lowest BCUT2D eigenvalue weighted by molar-refractivity contribution is -0.127. The Labute approximate surface area is 207 Å². The number of amides is 2. The number of nitrogens with one attached hydrogen (secondary N) is 2. The second-order valence-electron chi connectivity index (χ2n) is 9.31. The number of methoxy groups -OCH3 is 1. The normalized spacial score (nSPS) is 18.8. The molecule has 4 rings (SSSR count). The van der Waals surface area contributed by atoms with Crippen molar-refractivity contribution in [3.63, 3.8) is 0 Å². The molecule has 0 aromatic heterocycles. The van der Waals surface area contributed by atoms with Gasteiger partial charge in [0.05, 0.1) is 12.1 Å². The molecule has 34 heavy (non-hydrogen) atoms. The van der Waals surface area contributed by atoms with Gasteiger partial charge in [0.1, 0.15) is 11.8 Å². The molecule has 1 saturated carbocycles. The predicted octanol–water partition coefficient (Wildman–Crippen LogP) is 5.19. The molecule has 0 radical (unpaired) electrons. The topological polar surface area (TPSA) is 70.7 Å². The molecule has 182 valence electrons. The van der Waals surface area contributed by atoms with E-state index in [0.717, 1.165) is 57.2 Å². The summed E-state index contributed by atoms with van der Waals surface area (Å²) in [5, 5.41) is 6.76. The Morgan fingerprint density at radius 3 is 2.35 bits per heavy atom. The average molecular weight is 484 g/mol. The van der Waals surface area contributed by atoms with Crippen molar-refractivity contribution in [2.45, 2.75) is 57.0 Å². The van der Waals surface area contributed by atoms with E-state index in [1.807, 2.05) is 30.3 Å². The molecule has 1 atom stereocenters. The van der Waals surface area contributed by atoms with E-state index < -0.39 is 6.04 Å². The van der Waals surface area contributed by atoms with Gasteiger partial charge in [-0.2, -0.15) is 0 Å². The van der Waals surface area contributed by atoms with Crippen molar-refractivity contribution in [1.29, 1.82) is 0 Å². The molecular weight excluding hydrogens is 450 g/mol. The second kappa shape index (κ2) is 11.7. The van der Waals surface area contributed by atoms with Crippen molar-refractivity contribution in [1.82, 2.24) is 10.2 Å². The first kappa shape index (κ1) is 24.6. The van der Waals surface area contributed by atoms with Gasteiger partial charge < -0.3 is 15.4 Å². The zero-order valence-corrected chi connectivity index (χ0v) is 20.5. The van der Waals surface area contributed by atoms with Gasteiger partial charge in [-0.05, 0) is 49.4 Å². The third kappa shape index (κ3) is 6.10. The Balaban J connectivity index is 1.41. The minimum absolute atomic E-state index is 0.0999. The summed E-state index contributed by atoms with van der Waals surface area (Å²) >= 11 is 6.25. The standard InChI is InChI=1S/C27H34ClN3O3/c1-34-24-13-12-22(18-23(24)28)30-27(33)25(19-8-4-2-5-9-19)31-16-14-21(15-17-31)29-26(32)20-10-6-3-7-11-20/h2,4-5,8-9,12-13,18,20-21,25H,3,6-7,10-11,14-17H2,1H3,(H,29,32)(H,30,33). The van der Waals surface area contributed by atoms with Gasteiger partial charge in [0.15, 0.2) is 0 Å². The number of piperidine rings is 1. The Kier molecular flexibility index (Phi) is 8.46. The molecule has 0 spiro atoms. The van der Waals surface area contributed by atoms with Gasteiger partial charge in [-0.3, -0.25) is 14.5 Å². The highest BCUT2D eigenvalue weighted by atomic mass is 35.5. The summed E-state index contributed by atoms with van der Waals surface area (Å²) in [6.45, 7) is 1.48. The van der Waals surface area contributed by atoms with Crippen LogP contribution in [-0.2, 0) is 9.59 Å². The number of rotatable bonds is 7. The van der Waals surface area contributed by atoms with Crippen LogP contribution in [0.25, 0.3) is 0 Å². The van der Waals surface area contributed by atoms with Crippen molar-refractivity contribution < 1.29 is 14.3 Å². The maximum Gasteiger partial charge on any atom is 0.246 e. The molecule has 1 saturated heterocycles. The molecule has 0 bridgehead atoms. The van der Waals surface area contributed by atoms with E-state index in [9.17, 15) is 9.59 Å². The van der Waals surface area contributed by atoms with Gasteiger partial charge in [-0.15, -0.1) is 0 Å². The Hall–Kier alpha value is -2.57. The third-order valence-electron chi connectivity index (χ3n) is 7.00. The van der Waals surface area contributed by atoms with E-state index in [1.54, 1.807) is 25.3 Å². The van der Waals surface area contributed by atoms with Gasteiger partial charge in [-0.25, -0.2) is 0 Å². The van der Waals surface area contributed by atoms with Gasteiger partial charge in [0.25, 0.3) is 0 Å². The summed E-state index contributed by atoms with van der Waals surface area (Å²) in [5.74, 6) is 0.853. The molecule has 1 aliphatic carbocycles. The van der Waals surface area contributed by atoms with Crippen molar-refractivity contribution in [3.8, 4) is 5.75 Å². The molecule has 1 heterocycles. The van der Waals surface area contributed by atoms with E-state index in [4.69, 9.17) is 16.3 Å². The van der Waals surface area contributed by atoms with E-state index in [2.05, 4.69) is 15.5 Å². The molecule has 1 aliphatic heterocycles. The summed E-state index contributed by atoms with van der Waals surface area (Å²) < 4.78 is 5.21. The van der Waals surface area contributed by atoms with E-state index in [1.165, 1.54) is 6.42 Å². The number of ether oxygens (including phenoxy) is 1. The molecule has 2 N–H and O–H groups in total. The lowest BCUT2D eigenvalue weighted by Crippen LogP contribution is -2.49. The van der Waals surface area contributed by atoms with Crippen LogP contribution < -0.4 is 15.4 Å². The van der Waals surface area contributed by atoms with Crippen LogP contribution in [0.15, 0.2) is 48.5 Å². The minimum Gasteiger partial charge on any atom is -0.495 e. The summed E-state index contributed by atoms with van der Waals surface area (Å²) in [6.07, 6.45) is 7.25. The summed E-state index contributed by atoms with van der Waals surface area (Å²) in [5.41, 5.74) is 1.58. The second-order valence-corrected chi connectivity index (χ2v) is 9.71. The molecule has 1 unspecified atom stereocenters. The average Bonchev–Trinajstić information content (AvgIpc) is 2.86. The van der Waals surface area contributed by atoms with Crippen LogP contribution in [-0.4, -0.2) is 43.0 Å². The highest BCUT2D eigenvalue weighted by Gasteiger charge is 2.32. The van der Waals surface area contributed by atoms with E-state index >= 15 is 0 Å². The fourth-order valence-corrected chi connectivity index (χ4v) is 5.36. The number of halogens is 1. The van der Waals surface area contributed by atoms with Crippen molar-refractivity contribution in [3.05, 3.63) is 59.1 Å². The zero-order valence-electron chi connectivity index (χ0n) is 19.8. The van der Waals surface area contributed by atoms with Gasteiger partial charge in [0.2, 0.25) is 11.8 Å². The first-order valence-electron chi connectivity index (χ1n) is 12.3. The van der Waals surface area contributed by atoms with Crippen LogP contribution in [0.2, 0.25) is 5.02 Å². The van der Waals surface area contributed by atoms with Gasteiger partial charge in [-0.1, -0.05) is 61.2 Å². The lowest BCUT2D eigenvalue weighted by atomic mass is 9.88. The quantitative estimate of drug-likeness (QED) is 0.568. The number of likely N-dealkylation sites (tertiary alicyclic amines) is 1. The number of hydrogen-bond donors (Lipinski definition) is 2. The highest BCUT2D eigenvalue weighted by molar-refractivity contribution is 6.32. The molecule has 2 fully saturated rings. The minimum atomic E-state index is -0.419. The molecule has 2 amide bonds. The first-order valence-corrected chi connectivity index (χ1v) is 12.7. The van der Waals surface area contributed by atoms with Crippen LogP contribution in [0.1, 0.15) is 56.6 Å². The summed E-state index contributed by atoms with van der Waals surface area (Å²) in [4.78, 5) is 28.3. The molecule has 2 aromatic rings.